The highest BCUT2D eigenvalue weighted by Gasteiger charge is 2.15. The van der Waals surface area contributed by atoms with Gasteiger partial charge in [0.15, 0.2) is 5.82 Å². The van der Waals surface area contributed by atoms with Gasteiger partial charge in [-0.1, -0.05) is 0 Å². The fourth-order valence-corrected chi connectivity index (χ4v) is 2.68. The molecule has 0 radical (unpaired) electrons. The number of aromatic nitrogens is 3. The smallest absolute Gasteiger partial charge is 0.160 e. The number of hydrogen-bond donors (Lipinski definition) is 0. The Balaban J connectivity index is 2.31. The zero-order chi connectivity index (χ0) is 14.1. The molecule has 0 saturated heterocycles. The van der Waals surface area contributed by atoms with E-state index in [9.17, 15) is 0 Å². The Labute approximate surface area is 124 Å². The molecule has 4 nitrogen and oxygen atoms in total. The highest BCUT2D eigenvalue weighted by atomic mass is 79.9. The van der Waals surface area contributed by atoms with Gasteiger partial charge in [0, 0.05) is 17.2 Å². The fraction of sp³-hybridized carbons (Fsp3) is 0.133. The van der Waals surface area contributed by atoms with Crippen LogP contribution in [-0.2, 0) is 6.54 Å². The Morgan fingerprint density at radius 1 is 1.35 bits per heavy atom. The molecule has 20 heavy (non-hydrogen) atoms. The second-order valence-corrected chi connectivity index (χ2v) is 5.18. The number of nitrogens with zero attached hydrogens (tertiary/aromatic N) is 4. The predicted octanol–water partition coefficient (Wildman–Crippen LogP) is 3.75. The van der Waals surface area contributed by atoms with Crippen LogP contribution in [-0.4, -0.2) is 14.5 Å². The number of hydrogen-bond acceptors (Lipinski definition) is 3. The van der Waals surface area contributed by atoms with Crippen LogP contribution < -0.4 is 0 Å². The molecule has 0 aliphatic heterocycles. The van der Waals surface area contributed by atoms with Gasteiger partial charge in [-0.2, -0.15) is 5.26 Å². The number of rotatable bonds is 2. The molecule has 2 heterocycles. The predicted molar refractivity (Wildman–Crippen MR) is 81.1 cm³/mol. The van der Waals surface area contributed by atoms with Gasteiger partial charge in [0.2, 0.25) is 0 Å². The maximum absolute atomic E-state index is 8.99. The van der Waals surface area contributed by atoms with Crippen molar-refractivity contribution >= 4 is 27.0 Å². The molecule has 1 aromatic carbocycles. The first-order valence-corrected chi connectivity index (χ1v) is 7.05. The van der Waals surface area contributed by atoms with Crippen LogP contribution in [0, 0.1) is 11.3 Å². The lowest BCUT2D eigenvalue weighted by atomic mass is 10.2. The molecular weight excluding hydrogens is 316 g/mol. The van der Waals surface area contributed by atoms with E-state index in [0.717, 1.165) is 33.6 Å². The second-order valence-electron chi connectivity index (χ2n) is 4.33. The Morgan fingerprint density at radius 2 is 2.20 bits per heavy atom. The quantitative estimate of drug-likeness (QED) is 0.720. The van der Waals surface area contributed by atoms with E-state index in [0.29, 0.717) is 5.56 Å². The monoisotopic (exact) mass is 326 g/mol. The van der Waals surface area contributed by atoms with Crippen LogP contribution in [0.25, 0.3) is 22.6 Å². The number of fused-ring (bicyclic) bond motifs is 1. The third-order valence-corrected chi connectivity index (χ3v) is 3.80. The number of aryl methyl sites for hydroxylation is 1. The Morgan fingerprint density at radius 3 is 2.90 bits per heavy atom. The van der Waals surface area contributed by atoms with Crippen LogP contribution in [0.4, 0.5) is 0 Å². The highest BCUT2D eigenvalue weighted by Crippen LogP contribution is 2.28. The van der Waals surface area contributed by atoms with Crippen LogP contribution in [0.3, 0.4) is 0 Å². The molecule has 3 aromatic rings. The number of nitriles is 1. The summed E-state index contributed by atoms with van der Waals surface area (Å²) >= 11 is 3.51. The van der Waals surface area contributed by atoms with Gasteiger partial charge in [0.05, 0.1) is 22.7 Å². The molecule has 2 aromatic heterocycles. The van der Waals surface area contributed by atoms with Crippen LogP contribution in [0.1, 0.15) is 12.5 Å². The summed E-state index contributed by atoms with van der Waals surface area (Å²) in [6.45, 7) is 2.86. The second kappa shape index (κ2) is 5.06. The molecule has 3 rings (SSSR count). The van der Waals surface area contributed by atoms with E-state index in [-0.39, 0.29) is 0 Å². The summed E-state index contributed by atoms with van der Waals surface area (Å²) < 4.78 is 3.01. The van der Waals surface area contributed by atoms with E-state index in [1.165, 1.54) is 0 Å². The highest BCUT2D eigenvalue weighted by molar-refractivity contribution is 9.10. The first kappa shape index (κ1) is 12.8. The number of benzene rings is 1. The molecule has 0 saturated carbocycles. The number of halogens is 1. The van der Waals surface area contributed by atoms with E-state index < -0.39 is 0 Å². The van der Waals surface area contributed by atoms with E-state index in [4.69, 9.17) is 5.26 Å². The number of imidazole rings is 1. The summed E-state index contributed by atoms with van der Waals surface area (Å²) in [5.74, 6) is 0.810. The molecule has 0 aliphatic rings. The van der Waals surface area contributed by atoms with Crippen molar-refractivity contribution in [3.05, 3.63) is 46.6 Å². The molecule has 0 fully saturated rings. The van der Waals surface area contributed by atoms with Crippen LogP contribution in [0.5, 0.6) is 0 Å². The minimum atomic E-state index is 0.616. The van der Waals surface area contributed by atoms with Crippen molar-refractivity contribution in [2.75, 3.05) is 0 Å². The van der Waals surface area contributed by atoms with Crippen LogP contribution in [0.2, 0.25) is 0 Å². The summed E-state index contributed by atoms with van der Waals surface area (Å²) in [6.07, 6.45) is 1.75. The van der Waals surface area contributed by atoms with Gasteiger partial charge < -0.3 is 4.57 Å². The van der Waals surface area contributed by atoms with Crippen molar-refractivity contribution in [3.63, 3.8) is 0 Å². The SMILES string of the molecule is CCn1c(-c2ncccc2Br)nc2cc(C#N)ccc21. The molecule has 0 aliphatic carbocycles. The Kier molecular flexibility index (Phi) is 3.25. The van der Waals surface area contributed by atoms with E-state index in [1.54, 1.807) is 6.20 Å². The molecule has 0 amide bonds. The molecule has 5 heteroatoms. The zero-order valence-corrected chi connectivity index (χ0v) is 12.4. The van der Waals surface area contributed by atoms with Crippen LogP contribution in [0.15, 0.2) is 41.0 Å². The van der Waals surface area contributed by atoms with Crippen molar-refractivity contribution in [1.29, 1.82) is 5.26 Å². The van der Waals surface area contributed by atoms with Crippen molar-refractivity contribution < 1.29 is 0 Å². The molecule has 0 spiro atoms. The summed E-state index contributed by atoms with van der Waals surface area (Å²) in [6, 6.07) is 11.5. The molecule has 98 valence electrons. The van der Waals surface area contributed by atoms with Gasteiger partial charge in [-0.05, 0) is 53.2 Å². The van der Waals surface area contributed by atoms with Gasteiger partial charge in [-0.15, -0.1) is 0 Å². The van der Waals surface area contributed by atoms with E-state index in [2.05, 4.69) is 43.5 Å². The Bertz CT molecular complexity index is 829. The van der Waals surface area contributed by atoms with Crippen molar-refractivity contribution in [1.82, 2.24) is 14.5 Å². The van der Waals surface area contributed by atoms with Crippen LogP contribution >= 0.6 is 15.9 Å². The average Bonchev–Trinajstić information content (AvgIpc) is 2.84. The first-order valence-electron chi connectivity index (χ1n) is 6.26. The summed E-state index contributed by atoms with van der Waals surface area (Å²) in [5.41, 5.74) is 3.26. The average molecular weight is 327 g/mol. The summed E-state index contributed by atoms with van der Waals surface area (Å²) in [4.78, 5) is 9.04. The van der Waals surface area contributed by atoms with Gasteiger partial charge in [0.25, 0.3) is 0 Å². The van der Waals surface area contributed by atoms with E-state index in [1.807, 2.05) is 30.3 Å². The summed E-state index contributed by atoms with van der Waals surface area (Å²) in [5, 5.41) is 8.99. The number of pyridine rings is 1. The normalized spacial score (nSPS) is 10.7. The topological polar surface area (TPSA) is 54.5 Å². The first-order chi connectivity index (χ1) is 9.74. The van der Waals surface area contributed by atoms with Gasteiger partial charge in [-0.25, -0.2) is 4.98 Å². The minimum absolute atomic E-state index is 0.616. The minimum Gasteiger partial charge on any atom is -0.323 e. The molecule has 0 unspecified atom stereocenters. The fourth-order valence-electron chi connectivity index (χ4n) is 2.25. The van der Waals surface area contributed by atoms with E-state index >= 15 is 0 Å². The van der Waals surface area contributed by atoms with Gasteiger partial charge >= 0.3 is 0 Å². The summed E-state index contributed by atoms with van der Waals surface area (Å²) in [7, 11) is 0. The Hall–Kier alpha value is -2.19. The van der Waals surface area contributed by atoms with Gasteiger partial charge in [-0.3, -0.25) is 4.98 Å². The third-order valence-electron chi connectivity index (χ3n) is 3.16. The maximum Gasteiger partial charge on any atom is 0.160 e. The van der Waals surface area contributed by atoms with Crippen molar-refractivity contribution in [2.45, 2.75) is 13.5 Å². The largest absolute Gasteiger partial charge is 0.323 e. The van der Waals surface area contributed by atoms with Gasteiger partial charge in [0.1, 0.15) is 5.69 Å². The van der Waals surface area contributed by atoms with Crippen molar-refractivity contribution in [2.24, 2.45) is 0 Å². The molecule has 0 bridgehead atoms. The third kappa shape index (κ3) is 1.98. The standard InChI is InChI=1S/C15H11BrN4/c1-2-20-13-6-5-10(9-17)8-12(13)19-15(20)14-11(16)4-3-7-18-14/h3-8H,2H2,1H3. The zero-order valence-electron chi connectivity index (χ0n) is 10.8. The molecular formula is C15H11BrN4. The lowest BCUT2D eigenvalue weighted by molar-refractivity contribution is 0.792. The lowest BCUT2D eigenvalue weighted by Gasteiger charge is -2.06. The maximum atomic E-state index is 8.99. The molecule has 0 N–H and O–H groups in total. The molecule has 0 atom stereocenters. The van der Waals surface area contributed by atoms with Crippen molar-refractivity contribution in [3.8, 4) is 17.6 Å². The lowest BCUT2D eigenvalue weighted by Crippen LogP contribution is -1.99.